The van der Waals surface area contributed by atoms with Crippen molar-refractivity contribution in [2.75, 3.05) is 32.5 Å². The zero-order chi connectivity index (χ0) is 21.1. The van der Waals surface area contributed by atoms with Crippen molar-refractivity contribution in [2.24, 2.45) is 0 Å². The molecule has 0 fully saturated rings. The number of hydrogen-bond donors (Lipinski definition) is 1. The SMILES string of the molecule is CN(C)CCNc1ccn(Cc2c(-c3ccc(Cl)cc3)nc3ccccn23)c(=O)n1. The Hall–Kier alpha value is -3.16. The number of aromatic nitrogens is 4. The van der Waals surface area contributed by atoms with Crippen molar-refractivity contribution in [1.82, 2.24) is 23.8 Å². The van der Waals surface area contributed by atoms with Crippen LogP contribution in [0.15, 0.2) is 65.7 Å². The van der Waals surface area contributed by atoms with Gasteiger partial charge in [0.25, 0.3) is 0 Å². The second-order valence-electron chi connectivity index (χ2n) is 7.30. The molecule has 0 amide bonds. The van der Waals surface area contributed by atoms with Gasteiger partial charge in [-0.3, -0.25) is 4.57 Å². The van der Waals surface area contributed by atoms with Gasteiger partial charge in [-0.1, -0.05) is 29.8 Å². The van der Waals surface area contributed by atoms with Crippen LogP contribution in [0.25, 0.3) is 16.9 Å². The largest absolute Gasteiger partial charge is 0.369 e. The number of pyridine rings is 1. The van der Waals surface area contributed by atoms with E-state index in [-0.39, 0.29) is 5.69 Å². The average Bonchev–Trinajstić information content (AvgIpc) is 3.09. The molecule has 3 aromatic heterocycles. The van der Waals surface area contributed by atoms with Crippen LogP contribution < -0.4 is 11.0 Å². The van der Waals surface area contributed by atoms with E-state index >= 15 is 0 Å². The molecule has 0 radical (unpaired) electrons. The Morgan fingerprint density at radius 3 is 2.57 bits per heavy atom. The Balaban J connectivity index is 1.67. The van der Waals surface area contributed by atoms with Crippen molar-refractivity contribution in [3.05, 3.63) is 82.1 Å². The first-order chi connectivity index (χ1) is 14.5. The molecule has 0 unspecified atom stereocenters. The highest BCUT2D eigenvalue weighted by atomic mass is 35.5. The lowest BCUT2D eigenvalue weighted by Crippen LogP contribution is -2.26. The second-order valence-corrected chi connectivity index (χ2v) is 7.73. The van der Waals surface area contributed by atoms with Gasteiger partial charge < -0.3 is 14.6 Å². The van der Waals surface area contributed by atoms with Crippen LogP contribution in [0.4, 0.5) is 5.82 Å². The molecule has 7 nitrogen and oxygen atoms in total. The van der Waals surface area contributed by atoms with E-state index in [1.807, 2.05) is 73.2 Å². The topological polar surface area (TPSA) is 67.5 Å². The molecule has 1 N–H and O–H groups in total. The third-order valence-electron chi connectivity index (χ3n) is 4.81. The van der Waals surface area contributed by atoms with E-state index in [0.717, 1.165) is 35.7 Å². The summed E-state index contributed by atoms with van der Waals surface area (Å²) in [4.78, 5) is 23.7. The van der Waals surface area contributed by atoms with Gasteiger partial charge >= 0.3 is 5.69 Å². The zero-order valence-corrected chi connectivity index (χ0v) is 17.7. The lowest BCUT2D eigenvalue weighted by molar-refractivity contribution is 0.425. The van der Waals surface area contributed by atoms with E-state index in [1.165, 1.54) is 0 Å². The minimum absolute atomic E-state index is 0.308. The number of benzene rings is 1. The van der Waals surface area contributed by atoms with Crippen LogP contribution >= 0.6 is 11.6 Å². The Morgan fingerprint density at radius 1 is 1.03 bits per heavy atom. The predicted octanol–water partition coefficient (Wildman–Crippen LogP) is 3.23. The summed E-state index contributed by atoms with van der Waals surface area (Å²) in [5, 5.41) is 3.85. The van der Waals surface area contributed by atoms with Gasteiger partial charge in [0, 0.05) is 36.1 Å². The van der Waals surface area contributed by atoms with Crippen LogP contribution in [0.3, 0.4) is 0 Å². The Kier molecular flexibility index (Phi) is 5.83. The molecule has 4 rings (SSSR count). The summed E-state index contributed by atoms with van der Waals surface area (Å²) in [6.07, 6.45) is 3.72. The van der Waals surface area contributed by atoms with E-state index in [4.69, 9.17) is 16.6 Å². The Morgan fingerprint density at radius 2 is 1.83 bits per heavy atom. The van der Waals surface area contributed by atoms with Gasteiger partial charge in [-0.15, -0.1) is 0 Å². The van der Waals surface area contributed by atoms with E-state index in [0.29, 0.717) is 17.4 Å². The van der Waals surface area contributed by atoms with Gasteiger partial charge in [-0.25, -0.2) is 9.78 Å². The number of likely N-dealkylation sites (N-methyl/N-ethyl adjacent to an activating group) is 1. The molecule has 0 atom stereocenters. The number of imidazole rings is 1. The molecular formula is C22H23ClN6O. The van der Waals surface area contributed by atoms with Crippen molar-refractivity contribution in [2.45, 2.75) is 6.54 Å². The maximum absolute atomic E-state index is 12.6. The van der Waals surface area contributed by atoms with Crippen LogP contribution in [0.2, 0.25) is 5.02 Å². The number of fused-ring (bicyclic) bond motifs is 1. The van der Waals surface area contributed by atoms with Crippen molar-refractivity contribution < 1.29 is 0 Å². The fourth-order valence-electron chi connectivity index (χ4n) is 3.25. The molecule has 1 aromatic carbocycles. The maximum Gasteiger partial charge on any atom is 0.349 e. The summed E-state index contributed by atoms with van der Waals surface area (Å²) in [6, 6.07) is 15.2. The molecule has 0 saturated carbocycles. The van der Waals surface area contributed by atoms with E-state index in [2.05, 4.69) is 15.2 Å². The molecule has 30 heavy (non-hydrogen) atoms. The van der Waals surface area contributed by atoms with Crippen molar-refractivity contribution in [1.29, 1.82) is 0 Å². The van der Waals surface area contributed by atoms with Gasteiger partial charge in [0.2, 0.25) is 0 Å². The fourth-order valence-corrected chi connectivity index (χ4v) is 3.38. The molecule has 0 bridgehead atoms. The summed E-state index contributed by atoms with van der Waals surface area (Å²) >= 11 is 6.05. The Bertz CT molecular complexity index is 1210. The van der Waals surface area contributed by atoms with Crippen LogP contribution in [0, 0.1) is 0 Å². The lowest BCUT2D eigenvalue weighted by Gasteiger charge is -2.12. The summed E-state index contributed by atoms with van der Waals surface area (Å²) in [5.41, 5.74) is 3.18. The second kappa shape index (κ2) is 8.69. The van der Waals surface area contributed by atoms with Crippen molar-refractivity contribution >= 4 is 23.1 Å². The minimum atomic E-state index is -0.308. The number of anilines is 1. The molecule has 8 heteroatoms. The number of rotatable bonds is 7. The molecule has 0 saturated heterocycles. The highest BCUT2D eigenvalue weighted by Gasteiger charge is 2.15. The maximum atomic E-state index is 12.6. The summed E-state index contributed by atoms with van der Waals surface area (Å²) in [6.45, 7) is 1.93. The van der Waals surface area contributed by atoms with Gasteiger partial charge in [0.05, 0.1) is 17.9 Å². The molecule has 0 aliphatic rings. The molecule has 154 valence electrons. The fraction of sp³-hybridized carbons (Fsp3) is 0.227. The monoisotopic (exact) mass is 422 g/mol. The average molecular weight is 423 g/mol. The molecule has 0 aliphatic carbocycles. The number of nitrogens with one attached hydrogen (secondary N) is 1. The minimum Gasteiger partial charge on any atom is -0.369 e. The predicted molar refractivity (Wildman–Crippen MR) is 120 cm³/mol. The molecule has 0 spiro atoms. The highest BCUT2D eigenvalue weighted by molar-refractivity contribution is 6.30. The van der Waals surface area contributed by atoms with Crippen molar-refractivity contribution in [3.8, 4) is 11.3 Å². The van der Waals surface area contributed by atoms with Crippen LogP contribution in [0.5, 0.6) is 0 Å². The van der Waals surface area contributed by atoms with E-state index in [1.54, 1.807) is 10.8 Å². The normalized spacial score (nSPS) is 11.3. The lowest BCUT2D eigenvalue weighted by atomic mass is 10.1. The Labute approximate surface area is 179 Å². The quantitative estimate of drug-likeness (QED) is 0.495. The summed E-state index contributed by atoms with van der Waals surface area (Å²) in [7, 11) is 4.00. The molecular weight excluding hydrogens is 400 g/mol. The van der Waals surface area contributed by atoms with E-state index < -0.39 is 0 Å². The smallest absolute Gasteiger partial charge is 0.349 e. The highest BCUT2D eigenvalue weighted by Crippen LogP contribution is 2.26. The number of hydrogen-bond acceptors (Lipinski definition) is 5. The van der Waals surface area contributed by atoms with Gasteiger partial charge in [0.1, 0.15) is 11.5 Å². The standard InChI is InChI=1S/C22H23ClN6O/c1-27(2)14-11-24-19-10-13-28(22(30)25-19)15-18-21(16-6-8-17(23)9-7-16)26-20-5-3-4-12-29(18)20/h3-10,12-13H,11,14-15H2,1-2H3,(H,24,25,30). The number of nitrogens with zero attached hydrogens (tertiary/aromatic N) is 5. The van der Waals surface area contributed by atoms with Crippen LogP contribution in [0.1, 0.15) is 5.69 Å². The van der Waals surface area contributed by atoms with Gasteiger partial charge in [0.15, 0.2) is 0 Å². The summed E-state index contributed by atoms with van der Waals surface area (Å²) in [5.74, 6) is 0.578. The summed E-state index contributed by atoms with van der Waals surface area (Å²) < 4.78 is 3.59. The number of halogens is 1. The third kappa shape index (κ3) is 4.37. The molecule has 0 aliphatic heterocycles. The molecule has 3 heterocycles. The zero-order valence-electron chi connectivity index (χ0n) is 16.9. The van der Waals surface area contributed by atoms with Crippen molar-refractivity contribution in [3.63, 3.8) is 0 Å². The molecule has 4 aromatic rings. The van der Waals surface area contributed by atoms with Gasteiger partial charge in [-0.2, -0.15) is 4.98 Å². The van der Waals surface area contributed by atoms with Crippen LogP contribution in [-0.2, 0) is 6.54 Å². The first-order valence-electron chi connectivity index (χ1n) is 9.69. The van der Waals surface area contributed by atoms with E-state index in [9.17, 15) is 4.79 Å². The third-order valence-corrected chi connectivity index (χ3v) is 5.06. The van der Waals surface area contributed by atoms with Gasteiger partial charge in [-0.05, 0) is 44.4 Å². The first kappa shape index (κ1) is 20.1. The first-order valence-corrected chi connectivity index (χ1v) is 10.1. The van der Waals surface area contributed by atoms with Crippen LogP contribution in [-0.4, -0.2) is 51.0 Å².